The zero-order valence-corrected chi connectivity index (χ0v) is 13.0. The number of fused-ring (bicyclic) bond motifs is 1. The standard InChI is InChI=1S/C15H21N3O4/c1-10(14(19)17-15(20)16-2)18(3)9-11-4-5-12-13(8-11)22-7-6-21-12/h4-5,8,10H,6-7,9H2,1-3H3,(H2,16,17,19,20)/t10-/m0/s1. The first-order valence-corrected chi connectivity index (χ1v) is 7.12. The van der Waals surface area contributed by atoms with Crippen molar-refractivity contribution in [2.75, 3.05) is 27.3 Å². The van der Waals surface area contributed by atoms with Gasteiger partial charge in [0, 0.05) is 13.6 Å². The summed E-state index contributed by atoms with van der Waals surface area (Å²) in [4.78, 5) is 24.9. The molecule has 0 fully saturated rings. The van der Waals surface area contributed by atoms with Crippen LogP contribution in [0.5, 0.6) is 11.5 Å². The van der Waals surface area contributed by atoms with Gasteiger partial charge >= 0.3 is 6.03 Å². The van der Waals surface area contributed by atoms with Crippen molar-refractivity contribution in [3.05, 3.63) is 23.8 Å². The molecule has 0 spiro atoms. The van der Waals surface area contributed by atoms with Gasteiger partial charge in [-0.3, -0.25) is 15.0 Å². The molecule has 0 aliphatic carbocycles. The molecular formula is C15H21N3O4. The number of hydrogen-bond donors (Lipinski definition) is 2. The minimum absolute atomic E-state index is 0.348. The molecule has 1 aromatic carbocycles. The Morgan fingerprint density at radius 3 is 2.64 bits per heavy atom. The van der Waals surface area contributed by atoms with Crippen LogP contribution in [0.15, 0.2) is 18.2 Å². The second kappa shape index (κ2) is 7.13. The topological polar surface area (TPSA) is 79.9 Å². The molecule has 1 aromatic rings. The van der Waals surface area contributed by atoms with Crippen molar-refractivity contribution in [1.29, 1.82) is 0 Å². The lowest BCUT2D eigenvalue weighted by molar-refractivity contribution is -0.124. The van der Waals surface area contributed by atoms with Gasteiger partial charge in [0.25, 0.3) is 0 Å². The van der Waals surface area contributed by atoms with Gasteiger partial charge in [-0.2, -0.15) is 0 Å². The minimum atomic E-state index is -0.510. The minimum Gasteiger partial charge on any atom is -0.486 e. The Morgan fingerprint density at radius 1 is 1.27 bits per heavy atom. The molecule has 0 saturated carbocycles. The van der Waals surface area contributed by atoms with Crippen LogP contribution in [0.25, 0.3) is 0 Å². The maximum atomic E-state index is 11.9. The van der Waals surface area contributed by atoms with Crippen LogP contribution in [-0.2, 0) is 11.3 Å². The Kier molecular flexibility index (Phi) is 5.21. The molecule has 2 N–H and O–H groups in total. The highest BCUT2D eigenvalue weighted by atomic mass is 16.6. The SMILES string of the molecule is CNC(=O)NC(=O)[C@H](C)N(C)Cc1ccc2c(c1)OCCO2. The number of hydrogen-bond acceptors (Lipinski definition) is 5. The van der Waals surface area contributed by atoms with E-state index >= 15 is 0 Å². The molecule has 7 heteroatoms. The monoisotopic (exact) mass is 307 g/mol. The number of urea groups is 1. The van der Waals surface area contributed by atoms with E-state index in [0.29, 0.717) is 19.8 Å². The highest BCUT2D eigenvalue weighted by Crippen LogP contribution is 2.31. The summed E-state index contributed by atoms with van der Waals surface area (Å²) < 4.78 is 11.0. The molecule has 1 aliphatic rings. The maximum Gasteiger partial charge on any atom is 0.321 e. The summed E-state index contributed by atoms with van der Waals surface area (Å²) >= 11 is 0. The third-order valence-electron chi connectivity index (χ3n) is 3.54. The third kappa shape index (κ3) is 3.88. The average molecular weight is 307 g/mol. The average Bonchev–Trinajstić information content (AvgIpc) is 2.53. The first-order valence-electron chi connectivity index (χ1n) is 7.12. The number of nitrogens with zero attached hydrogens (tertiary/aromatic N) is 1. The Bertz CT molecular complexity index is 562. The van der Waals surface area contributed by atoms with Crippen LogP contribution in [-0.4, -0.2) is 50.2 Å². The van der Waals surface area contributed by atoms with Crippen LogP contribution in [0.1, 0.15) is 12.5 Å². The van der Waals surface area contributed by atoms with Gasteiger partial charge in [0.15, 0.2) is 11.5 Å². The van der Waals surface area contributed by atoms with Crippen LogP contribution in [0.4, 0.5) is 4.79 Å². The van der Waals surface area contributed by atoms with Crippen molar-refractivity contribution in [2.45, 2.75) is 19.5 Å². The van der Waals surface area contributed by atoms with Crippen molar-refractivity contribution in [3.63, 3.8) is 0 Å². The predicted molar refractivity (Wildman–Crippen MR) is 81.0 cm³/mol. The van der Waals surface area contributed by atoms with E-state index in [1.54, 1.807) is 6.92 Å². The van der Waals surface area contributed by atoms with Gasteiger partial charge < -0.3 is 14.8 Å². The van der Waals surface area contributed by atoms with Gasteiger partial charge in [0.05, 0.1) is 6.04 Å². The van der Waals surface area contributed by atoms with E-state index in [1.165, 1.54) is 7.05 Å². The smallest absolute Gasteiger partial charge is 0.321 e. The van der Waals surface area contributed by atoms with Crippen LogP contribution < -0.4 is 20.1 Å². The Balaban J connectivity index is 1.97. The second-order valence-corrected chi connectivity index (χ2v) is 5.14. The fourth-order valence-corrected chi connectivity index (χ4v) is 2.09. The quantitative estimate of drug-likeness (QED) is 0.857. The molecule has 7 nitrogen and oxygen atoms in total. The summed E-state index contributed by atoms with van der Waals surface area (Å²) in [6.45, 7) is 3.40. The van der Waals surface area contributed by atoms with E-state index < -0.39 is 12.1 Å². The fraction of sp³-hybridized carbons (Fsp3) is 0.467. The van der Waals surface area contributed by atoms with Crippen LogP contribution >= 0.6 is 0 Å². The maximum absolute atomic E-state index is 11.9. The largest absolute Gasteiger partial charge is 0.486 e. The molecule has 3 amide bonds. The van der Waals surface area contributed by atoms with Gasteiger partial charge in [-0.25, -0.2) is 4.79 Å². The molecule has 0 aromatic heterocycles. The number of benzene rings is 1. The number of carbonyl (C=O) groups is 2. The number of ether oxygens (including phenoxy) is 2. The molecule has 0 radical (unpaired) electrons. The lowest BCUT2D eigenvalue weighted by Gasteiger charge is -2.24. The molecule has 2 rings (SSSR count). The first kappa shape index (κ1) is 16.1. The summed E-state index contributed by atoms with van der Waals surface area (Å²) in [5.41, 5.74) is 1.01. The summed E-state index contributed by atoms with van der Waals surface area (Å²) in [6, 6.07) is 4.77. The lowest BCUT2D eigenvalue weighted by atomic mass is 10.1. The van der Waals surface area contributed by atoms with Gasteiger partial charge in [0.1, 0.15) is 13.2 Å². The Hall–Kier alpha value is -2.28. The van der Waals surface area contributed by atoms with Crippen LogP contribution in [0, 0.1) is 0 Å². The van der Waals surface area contributed by atoms with Gasteiger partial charge in [-0.05, 0) is 31.7 Å². The summed E-state index contributed by atoms with van der Waals surface area (Å²) in [6.07, 6.45) is 0. The normalized spacial score (nSPS) is 14.4. The van der Waals surface area contributed by atoms with Crippen molar-refractivity contribution >= 4 is 11.9 Å². The predicted octanol–water partition coefficient (Wildman–Crippen LogP) is 0.734. The number of likely N-dealkylation sites (N-methyl/N-ethyl adjacent to an activating group) is 1. The summed E-state index contributed by atoms with van der Waals surface area (Å²) in [5, 5.41) is 4.62. The van der Waals surface area contributed by atoms with Gasteiger partial charge in [-0.15, -0.1) is 0 Å². The molecule has 120 valence electrons. The highest BCUT2D eigenvalue weighted by Gasteiger charge is 2.20. The molecule has 0 unspecified atom stereocenters. The number of imide groups is 1. The third-order valence-corrected chi connectivity index (χ3v) is 3.54. The van der Waals surface area contributed by atoms with Gasteiger partial charge in [0.2, 0.25) is 5.91 Å². The zero-order valence-electron chi connectivity index (χ0n) is 13.0. The number of amides is 3. The second-order valence-electron chi connectivity index (χ2n) is 5.14. The fourth-order valence-electron chi connectivity index (χ4n) is 2.09. The number of nitrogens with one attached hydrogen (secondary N) is 2. The molecule has 22 heavy (non-hydrogen) atoms. The molecule has 1 atom stereocenters. The van der Waals surface area contributed by atoms with E-state index in [9.17, 15) is 9.59 Å². The van der Waals surface area contributed by atoms with Crippen LogP contribution in [0.3, 0.4) is 0 Å². The zero-order chi connectivity index (χ0) is 16.1. The molecule has 0 bridgehead atoms. The van der Waals surface area contributed by atoms with Crippen molar-refractivity contribution < 1.29 is 19.1 Å². The number of carbonyl (C=O) groups excluding carboxylic acids is 2. The molecule has 0 saturated heterocycles. The summed E-state index contributed by atoms with van der Waals surface area (Å²) in [7, 11) is 3.29. The van der Waals surface area contributed by atoms with E-state index in [1.807, 2.05) is 30.1 Å². The molecule has 1 heterocycles. The van der Waals surface area contributed by atoms with E-state index in [0.717, 1.165) is 17.1 Å². The Morgan fingerprint density at radius 2 is 1.95 bits per heavy atom. The molecule has 1 aliphatic heterocycles. The molecular weight excluding hydrogens is 286 g/mol. The Labute approximate surface area is 129 Å². The number of rotatable bonds is 4. The van der Waals surface area contributed by atoms with Crippen molar-refractivity contribution in [3.8, 4) is 11.5 Å². The van der Waals surface area contributed by atoms with Crippen molar-refractivity contribution in [2.24, 2.45) is 0 Å². The van der Waals surface area contributed by atoms with E-state index in [2.05, 4.69) is 10.6 Å². The van der Waals surface area contributed by atoms with Crippen LogP contribution in [0.2, 0.25) is 0 Å². The lowest BCUT2D eigenvalue weighted by Crippen LogP contribution is -2.47. The van der Waals surface area contributed by atoms with E-state index in [-0.39, 0.29) is 5.91 Å². The highest BCUT2D eigenvalue weighted by molar-refractivity contribution is 5.96. The van der Waals surface area contributed by atoms with Gasteiger partial charge in [-0.1, -0.05) is 6.07 Å². The summed E-state index contributed by atoms with van der Waals surface area (Å²) in [5.74, 6) is 1.11. The van der Waals surface area contributed by atoms with Crippen molar-refractivity contribution in [1.82, 2.24) is 15.5 Å². The van der Waals surface area contributed by atoms with E-state index in [4.69, 9.17) is 9.47 Å². The first-order chi connectivity index (χ1) is 10.5.